The van der Waals surface area contributed by atoms with Gasteiger partial charge in [0.2, 0.25) is 0 Å². The van der Waals surface area contributed by atoms with Crippen LogP contribution in [0, 0.1) is 6.92 Å². The number of benzene rings is 2. The Balaban J connectivity index is 1.24. The van der Waals surface area contributed by atoms with Crippen LogP contribution in [0.2, 0.25) is 0 Å². The van der Waals surface area contributed by atoms with Crippen LogP contribution in [0.15, 0.2) is 89.8 Å². The molecule has 0 saturated heterocycles. The van der Waals surface area contributed by atoms with Crippen molar-refractivity contribution in [2.75, 3.05) is 5.32 Å². The van der Waals surface area contributed by atoms with Gasteiger partial charge in [0.1, 0.15) is 12.3 Å². The van der Waals surface area contributed by atoms with Gasteiger partial charge in [0.15, 0.2) is 5.13 Å². The summed E-state index contributed by atoms with van der Waals surface area (Å²) in [5.41, 5.74) is 5.47. The number of esters is 1. The third-order valence-corrected chi connectivity index (χ3v) is 6.82. The Bertz CT molecular complexity index is 1440. The van der Waals surface area contributed by atoms with E-state index in [1.165, 1.54) is 23.0 Å². The number of para-hydroxylation sites is 1. The number of hydrogen-bond donors (Lipinski definition) is 1. The van der Waals surface area contributed by atoms with Gasteiger partial charge in [0, 0.05) is 28.9 Å². The molecule has 0 spiro atoms. The molecule has 3 heterocycles. The lowest BCUT2D eigenvalue weighted by Gasteiger charge is -2.02. The molecule has 5 aromatic rings. The SMILES string of the molecule is Cc1ccc(Nc2nc(COC(=O)C=Cc3cn(-c4ccccc4)nc3-c3cccs3)cs2)cc1. The summed E-state index contributed by atoms with van der Waals surface area (Å²) >= 11 is 3.08. The summed E-state index contributed by atoms with van der Waals surface area (Å²) in [6, 6.07) is 22.0. The molecule has 8 heteroatoms. The Hall–Kier alpha value is -4.01. The number of carbonyl (C=O) groups excluding carboxylic acids is 1. The van der Waals surface area contributed by atoms with Gasteiger partial charge in [-0.2, -0.15) is 5.10 Å². The fourth-order valence-corrected chi connectivity index (χ4v) is 4.82. The zero-order valence-electron chi connectivity index (χ0n) is 18.9. The summed E-state index contributed by atoms with van der Waals surface area (Å²) in [5, 5.41) is 12.7. The van der Waals surface area contributed by atoms with Crippen molar-refractivity contribution in [2.45, 2.75) is 13.5 Å². The molecular weight excluding hydrogens is 476 g/mol. The van der Waals surface area contributed by atoms with Crippen molar-refractivity contribution in [3.05, 3.63) is 107 Å². The molecular formula is C27H22N4O2S2. The third kappa shape index (κ3) is 5.74. The number of thiophene rings is 1. The van der Waals surface area contributed by atoms with Crippen LogP contribution < -0.4 is 5.32 Å². The number of nitrogens with zero attached hydrogens (tertiary/aromatic N) is 3. The summed E-state index contributed by atoms with van der Waals surface area (Å²) in [6.45, 7) is 2.16. The van der Waals surface area contributed by atoms with E-state index in [0.29, 0.717) is 5.69 Å². The van der Waals surface area contributed by atoms with E-state index in [9.17, 15) is 4.79 Å². The Labute approximate surface area is 211 Å². The highest BCUT2D eigenvalue weighted by atomic mass is 32.1. The van der Waals surface area contributed by atoms with E-state index >= 15 is 0 Å². The number of thiazole rings is 1. The first-order valence-electron chi connectivity index (χ1n) is 11.0. The Kier molecular flexibility index (Phi) is 6.83. The zero-order valence-corrected chi connectivity index (χ0v) is 20.6. The fraction of sp³-hybridized carbons (Fsp3) is 0.0741. The molecule has 0 atom stereocenters. The van der Waals surface area contributed by atoms with Gasteiger partial charge < -0.3 is 10.1 Å². The Morgan fingerprint density at radius 3 is 2.66 bits per heavy atom. The largest absolute Gasteiger partial charge is 0.456 e. The van der Waals surface area contributed by atoms with Crippen LogP contribution in [-0.2, 0) is 16.1 Å². The van der Waals surface area contributed by atoms with Gasteiger partial charge in [-0.25, -0.2) is 14.5 Å². The maximum atomic E-state index is 12.4. The van der Waals surface area contributed by atoms with E-state index in [2.05, 4.69) is 10.3 Å². The number of rotatable bonds is 8. The Morgan fingerprint density at radius 2 is 1.89 bits per heavy atom. The monoisotopic (exact) mass is 498 g/mol. The molecule has 0 aliphatic heterocycles. The number of anilines is 2. The van der Waals surface area contributed by atoms with Crippen LogP contribution in [0.5, 0.6) is 0 Å². The second kappa shape index (κ2) is 10.5. The second-order valence-electron chi connectivity index (χ2n) is 7.77. The zero-order chi connectivity index (χ0) is 24.0. The number of hydrogen-bond acceptors (Lipinski definition) is 7. The maximum absolute atomic E-state index is 12.4. The first kappa shape index (κ1) is 22.8. The van der Waals surface area contributed by atoms with E-state index in [4.69, 9.17) is 9.84 Å². The lowest BCUT2D eigenvalue weighted by molar-refractivity contribution is -0.139. The highest BCUT2D eigenvalue weighted by Crippen LogP contribution is 2.28. The van der Waals surface area contributed by atoms with E-state index < -0.39 is 5.97 Å². The molecule has 2 aromatic carbocycles. The highest BCUT2D eigenvalue weighted by molar-refractivity contribution is 7.14. The molecule has 5 rings (SSSR count). The number of aromatic nitrogens is 3. The molecule has 174 valence electrons. The average molecular weight is 499 g/mol. The fourth-order valence-electron chi connectivity index (χ4n) is 3.37. The molecule has 0 aliphatic rings. The first-order chi connectivity index (χ1) is 17.1. The maximum Gasteiger partial charge on any atom is 0.331 e. The summed E-state index contributed by atoms with van der Waals surface area (Å²) in [6.07, 6.45) is 5.09. The second-order valence-corrected chi connectivity index (χ2v) is 9.57. The van der Waals surface area contributed by atoms with Gasteiger partial charge in [0.25, 0.3) is 0 Å². The summed E-state index contributed by atoms with van der Waals surface area (Å²) in [4.78, 5) is 17.9. The number of carbonyl (C=O) groups is 1. The van der Waals surface area contributed by atoms with E-state index in [0.717, 1.165) is 32.6 Å². The smallest absolute Gasteiger partial charge is 0.331 e. The quantitative estimate of drug-likeness (QED) is 0.187. The van der Waals surface area contributed by atoms with Crippen molar-refractivity contribution in [1.82, 2.24) is 14.8 Å². The van der Waals surface area contributed by atoms with Gasteiger partial charge in [-0.1, -0.05) is 42.0 Å². The van der Waals surface area contributed by atoms with Crippen LogP contribution >= 0.6 is 22.7 Å². The van der Waals surface area contributed by atoms with Crippen LogP contribution in [-0.4, -0.2) is 20.7 Å². The van der Waals surface area contributed by atoms with Crippen molar-refractivity contribution < 1.29 is 9.53 Å². The minimum atomic E-state index is -0.435. The highest BCUT2D eigenvalue weighted by Gasteiger charge is 2.12. The van der Waals surface area contributed by atoms with Crippen molar-refractivity contribution in [3.63, 3.8) is 0 Å². The summed E-state index contributed by atoms with van der Waals surface area (Å²) in [5.74, 6) is -0.435. The van der Waals surface area contributed by atoms with E-state index in [-0.39, 0.29) is 6.61 Å². The standard InChI is InChI=1S/C27H22N4O2S2/c1-19-9-12-21(13-10-19)28-27-29-22(18-35-27)17-33-25(32)14-11-20-16-31(23-6-3-2-4-7-23)30-26(20)24-8-5-15-34-24/h2-16,18H,17H2,1H3,(H,28,29). The molecule has 0 amide bonds. The molecule has 0 saturated carbocycles. The third-order valence-electron chi connectivity index (χ3n) is 5.13. The summed E-state index contributed by atoms with van der Waals surface area (Å²) < 4.78 is 7.23. The molecule has 0 bridgehead atoms. The van der Waals surface area contributed by atoms with Gasteiger partial charge in [0.05, 0.1) is 16.3 Å². The van der Waals surface area contributed by atoms with Crippen LogP contribution in [0.3, 0.4) is 0 Å². The Morgan fingerprint density at radius 1 is 1.06 bits per heavy atom. The normalized spacial score (nSPS) is 11.1. The molecule has 0 fully saturated rings. The number of ether oxygens (including phenoxy) is 1. The average Bonchev–Trinajstić information content (AvgIpc) is 3.64. The first-order valence-corrected chi connectivity index (χ1v) is 12.7. The van der Waals surface area contributed by atoms with Gasteiger partial charge in [-0.05, 0) is 48.7 Å². The van der Waals surface area contributed by atoms with Crippen molar-refractivity contribution in [1.29, 1.82) is 0 Å². The molecule has 0 radical (unpaired) electrons. The van der Waals surface area contributed by atoms with Gasteiger partial charge in [-0.3, -0.25) is 0 Å². The molecule has 6 nitrogen and oxygen atoms in total. The molecule has 0 unspecified atom stereocenters. The minimum Gasteiger partial charge on any atom is -0.456 e. The molecule has 3 aromatic heterocycles. The van der Waals surface area contributed by atoms with E-state index in [1.807, 2.05) is 95.3 Å². The van der Waals surface area contributed by atoms with Crippen LogP contribution in [0.4, 0.5) is 10.8 Å². The number of aryl methyl sites for hydroxylation is 1. The molecule has 0 aliphatic carbocycles. The number of nitrogens with one attached hydrogen (secondary N) is 1. The predicted octanol–water partition coefficient (Wildman–Crippen LogP) is 6.87. The van der Waals surface area contributed by atoms with Crippen molar-refractivity contribution >= 4 is 45.5 Å². The van der Waals surface area contributed by atoms with Gasteiger partial charge in [-0.15, -0.1) is 22.7 Å². The van der Waals surface area contributed by atoms with Gasteiger partial charge >= 0.3 is 5.97 Å². The summed E-state index contributed by atoms with van der Waals surface area (Å²) in [7, 11) is 0. The minimum absolute atomic E-state index is 0.107. The lowest BCUT2D eigenvalue weighted by Crippen LogP contribution is -2.01. The van der Waals surface area contributed by atoms with Crippen LogP contribution in [0.1, 0.15) is 16.8 Å². The van der Waals surface area contributed by atoms with Crippen LogP contribution in [0.25, 0.3) is 22.3 Å². The lowest BCUT2D eigenvalue weighted by atomic mass is 10.2. The molecule has 1 N–H and O–H groups in total. The molecule has 35 heavy (non-hydrogen) atoms. The van der Waals surface area contributed by atoms with Crippen molar-refractivity contribution in [3.8, 4) is 16.3 Å². The predicted molar refractivity (Wildman–Crippen MR) is 142 cm³/mol. The topological polar surface area (TPSA) is 69.0 Å². The van der Waals surface area contributed by atoms with Crippen molar-refractivity contribution in [2.24, 2.45) is 0 Å². The van der Waals surface area contributed by atoms with E-state index in [1.54, 1.807) is 17.4 Å².